The van der Waals surface area contributed by atoms with Gasteiger partial charge in [0.1, 0.15) is 0 Å². The first-order valence-electron chi connectivity index (χ1n) is 4.47. The average molecular weight is 163 g/mol. The van der Waals surface area contributed by atoms with Gasteiger partial charge >= 0.3 is 0 Å². The summed E-state index contributed by atoms with van der Waals surface area (Å²) in [6.07, 6.45) is 3.86. The molecule has 0 spiro atoms. The van der Waals surface area contributed by atoms with Crippen molar-refractivity contribution < 1.29 is 5.11 Å². The third-order valence-corrected chi connectivity index (χ3v) is 2.51. The van der Waals surface area contributed by atoms with Gasteiger partial charge in [-0.05, 0) is 25.0 Å². The minimum absolute atomic E-state index is 0.0561. The van der Waals surface area contributed by atoms with Crippen LogP contribution in [-0.2, 0) is 6.61 Å². The van der Waals surface area contributed by atoms with E-state index >= 15 is 0 Å². The molecule has 2 heteroatoms. The summed E-state index contributed by atoms with van der Waals surface area (Å²) in [5.74, 6) is 0.663. The fourth-order valence-electron chi connectivity index (χ4n) is 1.52. The van der Waals surface area contributed by atoms with Crippen LogP contribution in [-0.4, -0.2) is 10.1 Å². The molecule has 1 N–H and O–H groups in total. The number of aliphatic hydroxyl groups excluding tert-OH is 1. The summed E-state index contributed by atoms with van der Waals surface area (Å²) in [6, 6.07) is 5.90. The zero-order valence-corrected chi connectivity index (χ0v) is 7.03. The molecule has 0 amide bonds. The summed E-state index contributed by atoms with van der Waals surface area (Å²) in [5, 5.41) is 8.87. The van der Waals surface area contributed by atoms with Crippen molar-refractivity contribution in [2.75, 3.05) is 0 Å². The van der Waals surface area contributed by atoms with Gasteiger partial charge in [0.05, 0.1) is 12.3 Å². The van der Waals surface area contributed by atoms with Gasteiger partial charge in [0.25, 0.3) is 0 Å². The molecule has 1 aromatic rings. The lowest BCUT2D eigenvalue weighted by molar-refractivity contribution is 0.275. The van der Waals surface area contributed by atoms with Gasteiger partial charge in [-0.15, -0.1) is 0 Å². The lowest BCUT2D eigenvalue weighted by Crippen LogP contribution is -2.11. The van der Waals surface area contributed by atoms with Crippen molar-refractivity contribution >= 4 is 0 Å². The number of hydrogen-bond donors (Lipinski definition) is 1. The van der Waals surface area contributed by atoms with Crippen LogP contribution in [0.25, 0.3) is 0 Å². The van der Waals surface area contributed by atoms with Gasteiger partial charge < -0.3 is 5.11 Å². The second-order valence-electron chi connectivity index (χ2n) is 3.34. The fourth-order valence-corrected chi connectivity index (χ4v) is 1.52. The van der Waals surface area contributed by atoms with Crippen LogP contribution in [0.1, 0.15) is 36.6 Å². The third kappa shape index (κ3) is 1.34. The van der Waals surface area contributed by atoms with Gasteiger partial charge in [-0.1, -0.05) is 12.5 Å². The Morgan fingerprint density at radius 3 is 2.83 bits per heavy atom. The van der Waals surface area contributed by atoms with E-state index in [2.05, 4.69) is 11.1 Å². The van der Waals surface area contributed by atoms with E-state index in [1.807, 2.05) is 12.1 Å². The van der Waals surface area contributed by atoms with Crippen molar-refractivity contribution in [1.82, 2.24) is 4.98 Å². The highest BCUT2D eigenvalue weighted by Gasteiger charge is 2.20. The molecule has 2 nitrogen and oxygen atoms in total. The number of hydrogen-bond acceptors (Lipinski definition) is 2. The molecule has 64 valence electrons. The van der Waals surface area contributed by atoms with E-state index in [1.54, 1.807) is 0 Å². The van der Waals surface area contributed by atoms with Crippen molar-refractivity contribution in [2.45, 2.75) is 31.8 Å². The van der Waals surface area contributed by atoms with E-state index in [4.69, 9.17) is 5.11 Å². The maximum atomic E-state index is 8.87. The second-order valence-corrected chi connectivity index (χ2v) is 3.34. The van der Waals surface area contributed by atoms with E-state index in [1.165, 1.54) is 19.3 Å². The molecule has 1 aliphatic rings. The van der Waals surface area contributed by atoms with Crippen LogP contribution < -0.4 is 0 Å². The average Bonchev–Trinajstić information content (AvgIpc) is 2.02. The number of aliphatic hydroxyl groups is 1. The predicted molar refractivity (Wildman–Crippen MR) is 46.8 cm³/mol. The van der Waals surface area contributed by atoms with Gasteiger partial charge in [0.2, 0.25) is 0 Å². The summed E-state index contributed by atoms with van der Waals surface area (Å²) in [5.41, 5.74) is 1.95. The summed E-state index contributed by atoms with van der Waals surface area (Å²) in [4.78, 5) is 4.36. The van der Waals surface area contributed by atoms with Crippen molar-refractivity contribution in [3.05, 3.63) is 29.6 Å². The summed E-state index contributed by atoms with van der Waals surface area (Å²) in [7, 11) is 0. The van der Waals surface area contributed by atoms with Crippen LogP contribution in [0.4, 0.5) is 0 Å². The highest BCUT2D eigenvalue weighted by molar-refractivity contribution is 5.16. The van der Waals surface area contributed by atoms with Crippen LogP contribution in [0.3, 0.4) is 0 Å². The molecule has 1 fully saturated rings. The molecular weight excluding hydrogens is 150 g/mol. The van der Waals surface area contributed by atoms with Crippen LogP contribution in [0.15, 0.2) is 18.2 Å². The molecule has 12 heavy (non-hydrogen) atoms. The smallest absolute Gasteiger partial charge is 0.0853 e. The Labute approximate surface area is 72.3 Å². The Kier molecular flexibility index (Phi) is 2.09. The summed E-state index contributed by atoms with van der Waals surface area (Å²) >= 11 is 0. The molecule has 0 radical (unpaired) electrons. The largest absolute Gasteiger partial charge is 0.390 e. The number of nitrogens with zero attached hydrogens (tertiary/aromatic N) is 1. The van der Waals surface area contributed by atoms with E-state index in [9.17, 15) is 0 Å². The minimum Gasteiger partial charge on any atom is -0.390 e. The molecule has 0 atom stereocenters. The first kappa shape index (κ1) is 7.74. The normalized spacial score (nSPS) is 17.4. The molecule has 0 aliphatic heterocycles. The summed E-state index contributed by atoms with van der Waals surface area (Å²) < 4.78 is 0. The Bertz CT molecular complexity index is 268. The van der Waals surface area contributed by atoms with E-state index in [0.29, 0.717) is 5.92 Å². The second kappa shape index (κ2) is 3.23. The highest BCUT2D eigenvalue weighted by atomic mass is 16.3. The van der Waals surface area contributed by atoms with Gasteiger partial charge in [-0.3, -0.25) is 4.98 Å². The van der Waals surface area contributed by atoms with Crippen molar-refractivity contribution in [1.29, 1.82) is 0 Å². The first-order chi connectivity index (χ1) is 5.90. The minimum atomic E-state index is 0.0561. The molecule has 1 aliphatic carbocycles. The third-order valence-electron chi connectivity index (χ3n) is 2.51. The van der Waals surface area contributed by atoms with Gasteiger partial charge in [-0.25, -0.2) is 0 Å². The van der Waals surface area contributed by atoms with Crippen molar-refractivity contribution in [3.63, 3.8) is 0 Å². The monoisotopic (exact) mass is 163 g/mol. The zero-order chi connectivity index (χ0) is 8.39. The van der Waals surface area contributed by atoms with Gasteiger partial charge in [0.15, 0.2) is 0 Å². The molecular formula is C10H13NO. The molecule has 2 rings (SSSR count). The van der Waals surface area contributed by atoms with E-state index in [-0.39, 0.29) is 6.61 Å². The lowest BCUT2D eigenvalue weighted by Gasteiger charge is -2.24. The molecule has 0 aromatic carbocycles. The lowest BCUT2D eigenvalue weighted by atomic mass is 9.83. The number of aromatic nitrogens is 1. The Morgan fingerprint density at radius 1 is 1.42 bits per heavy atom. The number of pyridine rings is 1. The molecule has 1 aromatic heterocycles. The number of rotatable bonds is 2. The van der Waals surface area contributed by atoms with Crippen molar-refractivity contribution in [2.24, 2.45) is 0 Å². The Hall–Kier alpha value is -0.890. The predicted octanol–water partition coefficient (Wildman–Crippen LogP) is 1.84. The Balaban J connectivity index is 2.19. The molecule has 1 saturated carbocycles. The van der Waals surface area contributed by atoms with Crippen LogP contribution in [0.5, 0.6) is 0 Å². The van der Waals surface area contributed by atoms with Crippen LogP contribution >= 0.6 is 0 Å². The first-order valence-corrected chi connectivity index (χ1v) is 4.47. The van der Waals surface area contributed by atoms with E-state index < -0.39 is 0 Å². The van der Waals surface area contributed by atoms with E-state index in [0.717, 1.165) is 11.4 Å². The topological polar surface area (TPSA) is 33.1 Å². The molecule has 0 saturated heterocycles. The van der Waals surface area contributed by atoms with Crippen LogP contribution in [0.2, 0.25) is 0 Å². The van der Waals surface area contributed by atoms with Gasteiger partial charge in [0, 0.05) is 11.6 Å². The van der Waals surface area contributed by atoms with Gasteiger partial charge in [-0.2, -0.15) is 0 Å². The molecule has 1 heterocycles. The Morgan fingerprint density at radius 2 is 2.25 bits per heavy atom. The SMILES string of the molecule is OCc1cccc(C2CCC2)n1. The zero-order valence-electron chi connectivity index (χ0n) is 7.03. The fraction of sp³-hybridized carbons (Fsp3) is 0.500. The van der Waals surface area contributed by atoms with Crippen LogP contribution in [0, 0.1) is 0 Å². The summed E-state index contributed by atoms with van der Waals surface area (Å²) in [6.45, 7) is 0.0561. The van der Waals surface area contributed by atoms with Crippen molar-refractivity contribution in [3.8, 4) is 0 Å². The maximum absolute atomic E-state index is 8.87. The highest BCUT2D eigenvalue weighted by Crippen LogP contribution is 2.35. The molecule has 0 unspecified atom stereocenters. The standard InChI is InChI=1S/C10H13NO/c12-7-9-5-2-6-10(11-9)8-3-1-4-8/h2,5-6,8,12H,1,3-4,7H2. The maximum Gasteiger partial charge on any atom is 0.0853 e. The molecule has 0 bridgehead atoms. The quantitative estimate of drug-likeness (QED) is 0.721.